The first-order valence-electron chi connectivity index (χ1n) is 7.99. The van der Waals surface area contributed by atoms with Gasteiger partial charge < -0.3 is 5.11 Å². The molecule has 1 fully saturated rings. The van der Waals surface area contributed by atoms with Crippen molar-refractivity contribution in [2.24, 2.45) is 0 Å². The zero-order valence-corrected chi connectivity index (χ0v) is 15.5. The van der Waals surface area contributed by atoms with Gasteiger partial charge in [0.1, 0.15) is 0 Å². The molecule has 1 aromatic heterocycles. The van der Waals surface area contributed by atoms with E-state index in [1.807, 2.05) is 30.3 Å². The predicted molar refractivity (Wildman–Crippen MR) is 111 cm³/mol. The summed E-state index contributed by atoms with van der Waals surface area (Å²) < 4.78 is 0.405. The number of nitrogens with zero attached hydrogens (tertiary/aromatic N) is 2. The van der Waals surface area contributed by atoms with Crippen molar-refractivity contribution >= 4 is 62.8 Å². The number of hydrogen-bond donors (Lipinski definition) is 1. The molecule has 1 aliphatic rings. The number of aromatic nitrogens is 1. The lowest BCUT2D eigenvalue weighted by Gasteiger charge is -2.14. The number of carbonyl (C=O) groups is 2. The van der Waals surface area contributed by atoms with Crippen LogP contribution in [-0.2, 0) is 4.79 Å². The smallest absolute Gasteiger partial charge is 0.335 e. The van der Waals surface area contributed by atoms with E-state index in [9.17, 15) is 9.59 Å². The van der Waals surface area contributed by atoms with Crippen LogP contribution in [-0.4, -0.2) is 26.3 Å². The van der Waals surface area contributed by atoms with Crippen LogP contribution in [0.5, 0.6) is 0 Å². The highest BCUT2D eigenvalue weighted by Gasteiger charge is 2.33. The first-order valence-corrected chi connectivity index (χ1v) is 9.22. The highest BCUT2D eigenvalue weighted by molar-refractivity contribution is 8.27. The minimum Gasteiger partial charge on any atom is -0.478 e. The fourth-order valence-electron chi connectivity index (χ4n) is 2.83. The number of carboxylic acids is 1. The van der Waals surface area contributed by atoms with E-state index in [1.54, 1.807) is 24.4 Å². The van der Waals surface area contributed by atoms with Crippen LogP contribution in [0.2, 0.25) is 0 Å². The molecule has 2 heterocycles. The van der Waals surface area contributed by atoms with Crippen LogP contribution in [0.25, 0.3) is 17.0 Å². The third-order valence-electron chi connectivity index (χ3n) is 4.12. The van der Waals surface area contributed by atoms with E-state index in [-0.39, 0.29) is 11.5 Å². The Morgan fingerprint density at radius 1 is 1.11 bits per heavy atom. The van der Waals surface area contributed by atoms with Crippen molar-refractivity contribution in [3.63, 3.8) is 0 Å². The molecule has 5 nitrogen and oxygen atoms in total. The first kappa shape index (κ1) is 17.4. The van der Waals surface area contributed by atoms with Crippen LogP contribution in [0.3, 0.4) is 0 Å². The molecule has 4 rings (SSSR count). The van der Waals surface area contributed by atoms with Gasteiger partial charge in [0, 0.05) is 17.1 Å². The maximum atomic E-state index is 12.9. The zero-order valence-electron chi connectivity index (χ0n) is 13.8. The molecular formula is C20H12N2O3S2. The van der Waals surface area contributed by atoms with Gasteiger partial charge in [0.25, 0.3) is 5.91 Å². The number of anilines is 1. The van der Waals surface area contributed by atoms with E-state index in [0.29, 0.717) is 14.9 Å². The van der Waals surface area contributed by atoms with Gasteiger partial charge in [0.05, 0.1) is 21.7 Å². The molecule has 0 spiro atoms. The van der Waals surface area contributed by atoms with E-state index in [2.05, 4.69) is 4.98 Å². The summed E-state index contributed by atoms with van der Waals surface area (Å²) in [4.78, 5) is 30.2. The number of carboxylic acid groups (broad SMARTS) is 1. The molecule has 2 aromatic carbocycles. The van der Waals surface area contributed by atoms with Crippen LogP contribution in [0.1, 0.15) is 15.9 Å². The zero-order chi connectivity index (χ0) is 19.0. The van der Waals surface area contributed by atoms with Gasteiger partial charge in [0.2, 0.25) is 0 Å². The number of para-hydroxylation sites is 1. The van der Waals surface area contributed by atoms with Gasteiger partial charge in [-0.05, 0) is 36.4 Å². The third kappa shape index (κ3) is 3.22. The van der Waals surface area contributed by atoms with Crippen LogP contribution in [0, 0.1) is 0 Å². The average Bonchev–Trinajstić information content (AvgIpc) is 2.95. The second kappa shape index (κ2) is 6.94. The molecule has 1 N–H and O–H groups in total. The number of amides is 1. The van der Waals surface area contributed by atoms with Crippen molar-refractivity contribution in [3.05, 3.63) is 76.8 Å². The Labute approximate surface area is 164 Å². The lowest BCUT2D eigenvalue weighted by Crippen LogP contribution is -2.27. The quantitative estimate of drug-likeness (QED) is 0.528. The maximum Gasteiger partial charge on any atom is 0.335 e. The van der Waals surface area contributed by atoms with Crippen molar-refractivity contribution in [3.8, 4) is 0 Å². The fraction of sp³-hybridized carbons (Fsp3) is 0. The molecule has 1 saturated heterocycles. The van der Waals surface area contributed by atoms with E-state index in [1.165, 1.54) is 28.8 Å². The van der Waals surface area contributed by atoms with Crippen molar-refractivity contribution in [2.75, 3.05) is 4.90 Å². The number of benzene rings is 2. The molecule has 0 atom stereocenters. The summed E-state index contributed by atoms with van der Waals surface area (Å²) in [6, 6.07) is 15.7. The summed E-state index contributed by atoms with van der Waals surface area (Å²) in [7, 11) is 0. The maximum absolute atomic E-state index is 12.9. The van der Waals surface area contributed by atoms with Gasteiger partial charge in [-0.25, -0.2) is 4.79 Å². The predicted octanol–water partition coefficient (Wildman–Crippen LogP) is 4.34. The lowest BCUT2D eigenvalue weighted by atomic mass is 10.1. The van der Waals surface area contributed by atoms with Gasteiger partial charge >= 0.3 is 5.97 Å². The van der Waals surface area contributed by atoms with Gasteiger partial charge in [-0.1, -0.05) is 48.2 Å². The monoisotopic (exact) mass is 392 g/mol. The lowest BCUT2D eigenvalue weighted by molar-refractivity contribution is -0.113. The molecule has 0 radical (unpaired) electrons. The van der Waals surface area contributed by atoms with E-state index >= 15 is 0 Å². The molecule has 3 aromatic rings. The van der Waals surface area contributed by atoms with Gasteiger partial charge in [-0.15, -0.1) is 0 Å². The van der Waals surface area contributed by atoms with E-state index < -0.39 is 5.97 Å². The minimum absolute atomic E-state index is 0.154. The molecule has 0 saturated carbocycles. The van der Waals surface area contributed by atoms with Crippen molar-refractivity contribution in [2.45, 2.75) is 0 Å². The molecule has 0 bridgehead atoms. The van der Waals surface area contributed by atoms with Crippen LogP contribution >= 0.6 is 24.0 Å². The highest BCUT2D eigenvalue weighted by atomic mass is 32.2. The average molecular weight is 392 g/mol. The minimum atomic E-state index is -1.02. The van der Waals surface area contributed by atoms with Crippen molar-refractivity contribution in [1.82, 2.24) is 4.98 Å². The summed E-state index contributed by atoms with van der Waals surface area (Å²) in [5, 5.41) is 10.0. The topological polar surface area (TPSA) is 70.5 Å². The number of thioether (sulfide) groups is 1. The first-order chi connectivity index (χ1) is 13.0. The number of thiocarbonyl (C=S) groups is 1. The second-order valence-corrected chi connectivity index (χ2v) is 7.47. The summed E-state index contributed by atoms with van der Waals surface area (Å²) >= 11 is 6.58. The summed E-state index contributed by atoms with van der Waals surface area (Å²) in [6.07, 6.45) is 3.51. The summed E-state index contributed by atoms with van der Waals surface area (Å²) in [6.45, 7) is 0. The van der Waals surface area contributed by atoms with Crippen LogP contribution < -0.4 is 4.90 Å². The Morgan fingerprint density at radius 2 is 1.85 bits per heavy atom. The Morgan fingerprint density at radius 3 is 2.59 bits per heavy atom. The molecule has 0 aliphatic carbocycles. The number of carbonyl (C=O) groups excluding carboxylic acids is 1. The number of fused-ring (bicyclic) bond motifs is 1. The molecular weight excluding hydrogens is 380 g/mol. The second-order valence-electron chi connectivity index (χ2n) is 5.79. The molecule has 1 aliphatic heterocycles. The van der Waals surface area contributed by atoms with Gasteiger partial charge in [-0.3, -0.25) is 14.7 Å². The molecule has 1 amide bonds. The number of rotatable bonds is 3. The van der Waals surface area contributed by atoms with Gasteiger partial charge in [-0.2, -0.15) is 0 Å². The Kier molecular flexibility index (Phi) is 4.47. The fourth-order valence-corrected chi connectivity index (χ4v) is 4.12. The number of hydrogen-bond acceptors (Lipinski definition) is 5. The molecule has 27 heavy (non-hydrogen) atoms. The van der Waals surface area contributed by atoms with E-state index in [4.69, 9.17) is 17.3 Å². The third-order valence-corrected chi connectivity index (χ3v) is 5.42. The van der Waals surface area contributed by atoms with E-state index in [0.717, 1.165) is 16.5 Å². The van der Waals surface area contributed by atoms with Crippen LogP contribution in [0.15, 0.2) is 65.7 Å². The normalized spacial score (nSPS) is 15.7. The molecule has 0 unspecified atom stereocenters. The summed E-state index contributed by atoms with van der Waals surface area (Å²) in [5.41, 5.74) is 2.36. The SMILES string of the molecule is O=C(O)c1ccc(N2C(=O)/C(=C/c3cccc4cccnc34)SC2=S)cc1. The largest absolute Gasteiger partial charge is 0.478 e. The number of pyridine rings is 1. The highest BCUT2D eigenvalue weighted by Crippen LogP contribution is 2.36. The Hall–Kier alpha value is -3.03. The number of aromatic carboxylic acids is 1. The molecule has 7 heteroatoms. The van der Waals surface area contributed by atoms with Crippen molar-refractivity contribution in [1.29, 1.82) is 0 Å². The Balaban J connectivity index is 1.70. The Bertz CT molecular complexity index is 1120. The standard InChI is InChI=1S/C20H12N2O3S2/c23-18-16(11-14-4-1-3-12-5-2-10-21-17(12)14)27-20(26)22(18)15-8-6-13(7-9-15)19(24)25/h1-11H,(H,24,25)/b16-11-. The van der Waals surface area contributed by atoms with Crippen LogP contribution in [0.4, 0.5) is 5.69 Å². The van der Waals surface area contributed by atoms with Crippen molar-refractivity contribution < 1.29 is 14.7 Å². The summed E-state index contributed by atoms with van der Waals surface area (Å²) in [5.74, 6) is -1.25. The van der Waals surface area contributed by atoms with Gasteiger partial charge in [0.15, 0.2) is 4.32 Å². The molecule has 132 valence electrons.